The number of fused-ring (bicyclic) bond motifs is 1. The number of carbonyl (C=O) groups is 2. The lowest BCUT2D eigenvalue weighted by Gasteiger charge is -2.35. The van der Waals surface area contributed by atoms with E-state index in [0.717, 1.165) is 25.7 Å². The Hall–Kier alpha value is -2.19. The highest BCUT2D eigenvalue weighted by atomic mass is 19.1. The molecule has 28 heavy (non-hydrogen) atoms. The molecule has 1 saturated carbocycles. The number of hydrogen-bond donors (Lipinski definition) is 4. The first-order valence-electron chi connectivity index (χ1n) is 9.71. The van der Waals surface area contributed by atoms with Crippen LogP contribution in [0.15, 0.2) is 12.1 Å². The lowest BCUT2D eigenvalue weighted by molar-refractivity contribution is -0.140. The average molecular weight is 394 g/mol. The molecular weight excluding hydrogens is 367 g/mol. The number of rotatable bonds is 7. The average Bonchev–Trinajstić information content (AvgIpc) is 2.99. The molecule has 0 spiro atoms. The third-order valence-corrected chi connectivity index (χ3v) is 6.09. The van der Waals surface area contributed by atoms with Gasteiger partial charge in [-0.3, -0.25) is 14.9 Å². The number of phenols is 1. The standard InChI is InChI=1S/C20H27FN2O5/c1-11(22-15(10-24)20(27)28)13-4-2-12(3-5-13)8-23-9-14-6-7-16(25)18(21)17(14)19(23)26/h6-7,11-13,15,22,24-25H,2-5,8-10H2,1H3,(H,27,28)/t11?,12?,13?,15-/m1/s1. The van der Waals surface area contributed by atoms with Crippen LogP contribution in [0.3, 0.4) is 0 Å². The molecular formula is C20H27FN2O5. The van der Waals surface area contributed by atoms with Crippen LogP contribution in [-0.2, 0) is 11.3 Å². The first-order valence-corrected chi connectivity index (χ1v) is 9.71. The van der Waals surface area contributed by atoms with Crippen molar-refractivity contribution in [3.05, 3.63) is 29.1 Å². The van der Waals surface area contributed by atoms with E-state index in [1.165, 1.54) is 6.07 Å². The van der Waals surface area contributed by atoms with Crippen molar-refractivity contribution in [2.24, 2.45) is 11.8 Å². The highest BCUT2D eigenvalue weighted by Gasteiger charge is 2.35. The molecule has 1 aromatic rings. The fourth-order valence-electron chi connectivity index (χ4n) is 4.39. The number of carboxylic acid groups (broad SMARTS) is 1. The largest absolute Gasteiger partial charge is 0.505 e. The van der Waals surface area contributed by atoms with Crippen LogP contribution in [-0.4, -0.2) is 57.3 Å². The molecule has 7 nitrogen and oxygen atoms in total. The number of nitrogens with one attached hydrogen (secondary N) is 1. The van der Waals surface area contributed by atoms with Gasteiger partial charge in [-0.05, 0) is 56.1 Å². The van der Waals surface area contributed by atoms with Crippen LogP contribution in [0, 0.1) is 17.7 Å². The van der Waals surface area contributed by atoms with Gasteiger partial charge in [-0.15, -0.1) is 0 Å². The minimum absolute atomic E-state index is 0.0183. The molecule has 1 heterocycles. The van der Waals surface area contributed by atoms with Crippen molar-refractivity contribution in [1.29, 1.82) is 0 Å². The molecule has 1 aromatic carbocycles. The summed E-state index contributed by atoms with van der Waals surface area (Å²) in [7, 11) is 0. The van der Waals surface area contributed by atoms with Crippen LogP contribution in [0.1, 0.15) is 48.5 Å². The van der Waals surface area contributed by atoms with E-state index in [4.69, 9.17) is 10.2 Å². The second-order valence-corrected chi connectivity index (χ2v) is 7.93. The van der Waals surface area contributed by atoms with E-state index in [-0.39, 0.29) is 17.5 Å². The minimum Gasteiger partial charge on any atom is -0.505 e. The molecule has 154 valence electrons. The summed E-state index contributed by atoms with van der Waals surface area (Å²) >= 11 is 0. The fourth-order valence-corrected chi connectivity index (χ4v) is 4.39. The Morgan fingerprint density at radius 3 is 2.61 bits per heavy atom. The molecule has 8 heteroatoms. The van der Waals surface area contributed by atoms with Crippen LogP contribution in [0.2, 0.25) is 0 Å². The zero-order chi connectivity index (χ0) is 20.4. The number of phenolic OH excluding ortho intramolecular Hbond substituents is 1. The lowest BCUT2D eigenvalue weighted by atomic mass is 9.78. The number of aliphatic carboxylic acids is 1. The number of carbonyl (C=O) groups excluding carboxylic acids is 1. The number of amides is 1. The van der Waals surface area contributed by atoms with Gasteiger partial charge in [0.15, 0.2) is 11.6 Å². The normalized spacial score (nSPS) is 24.1. The van der Waals surface area contributed by atoms with Crippen molar-refractivity contribution in [3.8, 4) is 5.75 Å². The predicted octanol–water partition coefficient (Wildman–Crippen LogP) is 1.72. The number of carboxylic acids is 1. The van der Waals surface area contributed by atoms with Crippen molar-refractivity contribution in [2.75, 3.05) is 13.2 Å². The van der Waals surface area contributed by atoms with E-state index in [0.29, 0.717) is 30.5 Å². The van der Waals surface area contributed by atoms with E-state index < -0.39 is 30.2 Å². The summed E-state index contributed by atoms with van der Waals surface area (Å²) in [6.45, 7) is 2.40. The Morgan fingerprint density at radius 2 is 2.00 bits per heavy atom. The molecule has 1 aliphatic carbocycles. The summed E-state index contributed by atoms with van der Waals surface area (Å²) in [6, 6.07) is 1.89. The molecule has 2 atom stereocenters. The Kier molecular flexibility index (Phi) is 6.20. The van der Waals surface area contributed by atoms with Crippen molar-refractivity contribution in [2.45, 2.75) is 51.2 Å². The number of benzene rings is 1. The van der Waals surface area contributed by atoms with Crippen molar-refractivity contribution in [1.82, 2.24) is 10.2 Å². The van der Waals surface area contributed by atoms with E-state index in [9.17, 15) is 19.1 Å². The molecule has 2 aliphatic rings. The molecule has 0 bridgehead atoms. The van der Waals surface area contributed by atoms with E-state index in [1.54, 1.807) is 11.0 Å². The van der Waals surface area contributed by atoms with Crippen molar-refractivity contribution in [3.63, 3.8) is 0 Å². The zero-order valence-corrected chi connectivity index (χ0v) is 15.9. The Bertz CT molecular complexity index is 748. The third kappa shape index (κ3) is 4.12. The molecule has 1 aliphatic heterocycles. The van der Waals surface area contributed by atoms with Gasteiger partial charge in [0, 0.05) is 19.1 Å². The zero-order valence-electron chi connectivity index (χ0n) is 15.9. The molecule has 0 radical (unpaired) electrons. The highest BCUT2D eigenvalue weighted by Crippen LogP contribution is 2.35. The number of nitrogens with zero attached hydrogens (tertiary/aromatic N) is 1. The van der Waals surface area contributed by atoms with E-state index in [2.05, 4.69) is 5.32 Å². The maximum absolute atomic E-state index is 14.1. The number of hydrogen-bond acceptors (Lipinski definition) is 5. The van der Waals surface area contributed by atoms with Gasteiger partial charge >= 0.3 is 5.97 Å². The number of aliphatic hydroxyl groups excluding tert-OH is 1. The Morgan fingerprint density at radius 1 is 1.32 bits per heavy atom. The number of halogens is 1. The van der Waals surface area contributed by atoms with E-state index >= 15 is 0 Å². The van der Waals surface area contributed by atoms with Gasteiger partial charge in [-0.2, -0.15) is 0 Å². The van der Waals surface area contributed by atoms with Crippen LogP contribution in [0.4, 0.5) is 4.39 Å². The fraction of sp³-hybridized carbons (Fsp3) is 0.600. The maximum Gasteiger partial charge on any atom is 0.323 e. The second-order valence-electron chi connectivity index (χ2n) is 7.93. The SMILES string of the molecule is CC(N[C@H](CO)C(=O)O)C1CCC(CN2Cc3ccc(O)c(F)c3C2=O)CC1. The summed E-state index contributed by atoms with van der Waals surface area (Å²) in [5.41, 5.74) is 0.589. The molecule has 1 fully saturated rings. The minimum atomic E-state index is -1.06. The van der Waals surface area contributed by atoms with Gasteiger partial charge < -0.3 is 20.2 Å². The van der Waals surface area contributed by atoms with Crippen LogP contribution < -0.4 is 5.32 Å². The highest BCUT2D eigenvalue weighted by molar-refractivity contribution is 5.99. The predicted molar refractivity (Wildman–Crippen MR) is 99.4 cm³/mol. The monoisotopic (exact) mass is 394 g/mol. The molecule has 0 saturated heterocycles. The lowest BCUT2D eigenvalue weighted by Crippen LogP contribution is -2.48. The van der Waals surface area contributed by atoms with Crippen molar-refractivity contribution >= 4 is 11.9 Å². The summed E-state index contributed by atoms with van der Waals surface area (Å²) in [4.78, 5) is 25.2. The van der Waals surface area contributed by atoms with Crippen molar-refractivity contribution < 1.29 is 29.3 Å². The Balaban J connectivity index is 1.52. The molecule has 4 N–H and O–H groups in total. The topological polar surface area (TPSA) is 110 Å². The smallest absolute Gasteiger partial charge is 0.323 e. The third-order valence-electron chi connectivity index (χ3n) is 6.09. The first kappa shape index (κ1) is 20.5. The van der Waals surface area contributed by atoms with Gasteiger partial charge in [0.1, 0.15) is 6.04 Å². The first-order chi connectivity index (χ1) is 13.3. The van der Waals surface area contributed by atoms with Crippen LogP contribution in [0.5, 0.6) is 5.75 Å². The van der Waals surface area contributed by atoms with Gasteiger partial charge in [0.2, 0.25) is 0 Å². The quantitative estimate of drug-likeness (QED) is 0.561. The van der Waals surface area contributed by atoms with Gasteiger partial charge in [-0.25, -0.2) is 4.39 Å². The van der Waals surface area contributed by atoms with Crippen LogP contribution >= 0.6 is 0 Å². The second kappa shape index (κ2) is 8.45. The number of aromatic hydroxyl groups is 1. The molecule has 0 aromatic heterocycles. The van der Waals surface area contributed by atoms with Gasteiger partial charge in [-0.1, -0.05) is 6.07 Å². The summed E-state index contributed by atoms with van der Waals surface area (Å²) in [5, 5.41) is 30.7. The van der Waals surface area contributed by atoms with Gasteiger partial charge in [0.05, 0.1) is 12.2 Å². The molecule has 3 rings (SSSR count). The number of aliphatic hydroxyl groups is 1. The summed E-state index contributed by atoms with van der Waals surface area (Å²) < 4.78 is 14.1. The Labute approximate surface area is 163 Å². The van der Waals surface area contributed by atoms with Crippen LogP contribution in [0.25, 0.3) is 0 Å². The summed E-state index contributed by atoms with van der Waals surface area (Å²) in [6.07, 6.45) is 3.62. The van der Waals surface area contributed by atoms with Gasteiger partial charge in [0.25, 0.3) is 5.91 Å². The van der Waals surface area contributed by atoms with E-state index in [1.807, 2.05) is 6.92 Å². The summed E-state index contributed by atoms with van der Waals surface area (Å²) in [5.74, 6) is -2.15. The molecule has 1 unspecified atom stereocenters. The molecule has 1 amide bonds. The maximum atomic E-state index is 14.1.